The molecule has 0 bridgehead atoms. The van der Waals surface area contributed by atoms with E-state index in [1.165, 1.54) is 21.3 Å². The maximum absolute atomic E-state index is 10.8. The van der Waals surface area contributed by atoms with E-state index in [0.29, 0.717) is 17.8 Å². The minimum atomic E-state index is -0.787. The second kappa shape index (κ2) is 12.9. The first-order valence-electron chi connectivity index (χ1n) is 13.3. The van der Waals surface area contributed by atoms with Gasteiger partial charge in [-0.25, -0.2) is 0 Å². The fraction of sp³-hybridized carbons (Fsp3) is 0.200. The molecular formula is C35H38NOP. The van der Waals surface area contributed by atoms with Crippen molar-refractivity contribution in [3.63, 3.8) is 0 Å². The predicted molar refractivity (Wildman–Crippen MR) is 168 cm³/mol. The summed E-state index contributed by atoms with van der Waals surface area (Å²) in [6.07, 6.45) is 0. The molecule has 5 aromatic carbocycles. The topological polar surface area (TPSA) is 23.5 Å². The molecule has 0 aliphatic carbocycles. The third-order valence-electron chi connectivity index (χ3n) is 6.98. The van der Waals surface area contributed by atoms with Crippen LogP contribution in [0.15, 0.2) is 121 Å². The van der Waals surface area contributed by atoms with E-state index in [0.717, 1.165) is 16.5 Å². The summed E-state index contributed by atoms with van der Waals surface area (Å²) in [7, 11) is 1.36. The Morgan fingerprint density at radius 3 is 1.61 bits per heavy atom. The Hall–Kier alpha value is -3.45. The van der Waals surface area contributed by atoms with Crippen molar-refractivity contribution in [2.75, 3.05) is 7.05 Å². The molecule has 5 aromatic rings. The Bertz CT molecular complexity index is 1400. The largest absolute Gasteiger partial charge is 0.507 e. The fourth-order valence-electron chi connectivity index (χ4n) is 4.59. The first-order valence-corrected chi connectivity index (χ1v) is 14.6. The van der Waals surface area contributed by atoms with Crippen LogP contribution in [0.5, 0.6) is 5.75 Å². The number of aromatic hydroxyl groups is 1. The molecule has 194 valence electrons. The Kier molecular flexibility index (Phi) is 9.34. The molecule has 3 heteroatoms. The highest BCUT2D eigenvalue weighted by atomic mass is 31.1. The minimum Gasteiger partial charge on any atom is -0.507 e. The molecule has 2 nitrogen and oxygen atoms in total. The van der Waals surface area contributed by atoms with E-state index in [1.54, 1.807) is 6.07 Å². The average Bonchev–Trinajstić information content (AvgIpc) is 2.94. The monoisotopic (exact) mass is 519 g/mol. The Morgan fingerprint density at radius 1 is 0.579 bits per heavy atom. The van der Waals surface area contributed by atoms with Gasteiger partial charge in [-0.3, -0.25) is 0 Å². The van der Waals surface area contributed by atoms with Crippen molar-refractivity contribution in [1.82, 2.24) is 4.90 Å². The summed E-state index contributed by atoms with van der Waals surface area (Å²) in [6.45, 7) is 8.83. The van der Waals surface area contributed by atoms with Crippen molar-refractivity contribution in [2.45, 2.75) is 39.8 Å². The van der Waals surface area contributed by atoms with Crippen LogP contribution in [0, 0.1) is 0 Å². The van der Waals surface area contributed by atoms with Crippen LogP contribution in [-0.4, -0.2) is 29.1 Å². The third kappa shape index (κ3) is 6.33. The van der Waals surface area contributed by atoms with Crippen molar-refractivity contribution in [2.24, 2.45) is 0 Å². The van der Waals surface area contributed by atoms with Gasteiger partial charge in [-0.1, -0.05) is 115 Å². The van der Waals surface area contributed by atoms with Crippen molar-refractivity contribution in [1.29, 1.82) is 0 Å². The van der Waals surface area contributed by atoms with Crippen LogP contribution in [0.4, 0.5) is 0 Å². The first kappa shape index (κ1) is 27.6. The predicted octanol–water partition coefficient (Wildman–Crippen LogP) is 7.71. The van der Waals surface area contributed by atoms with E-state index in [4.69, 9.17) is 0 Å². The lowest BCUT2D eigenvalue weighted by atomic mass is 9.97. The molecule has 0 aliphatic rings. The highest BCUT2D eigenvalue weighted by Gasteiger charge is 2.23. The molecule has 0 radical (unpaired) electrons. The summed E-state index contributed by atoms with van der Waals surface area (Å²) < 4.78 is 0. The standard InChI is InChI=1S/C28H21OP.C7H17N/c29-26-18-10-9-17-25(26)28-24-16-8-7-11-21(24)19-20-27(28)30(22-12-3-1-4-13-22)23-14-5-2-6-15-23;1-6(2)8(5)7(3)4/h1-20,29H;6-7H,1-5H3. The molecule has 1 N–H and O–H groups in total. The maximum Gasteiger partial charge on any atom is 0.123 e. The van der Waals surface area contributed by atoms with Crippen LogP contribution in [0.1, 0.15) is 27.7 Å². The molecule has 5 rings (SSSR count). The van der Waals surface area contributed by atoms with E-state index in [9.17, 15) is 5.11 Å². The van der Waals surface area contributed by atoms with Gasteiger partial charge in [-0.05, 0) is 75.4 Å². The van der Waals surface area contributed by atoms with Crippen LogP contribution in [0.2, 0.25) is 0 Å². The van der Waals surface area contributed by atoms with Crippen molar-refractivity contribution < 1.29 is 5.11 Å². The summed E-state index contributed by atoms with van der Waals surface area (Å²) in [4.78, 5) is 2.33. The van der Waals surface area contributed by atoms with Crippen LogP contribution < -0.4 is 15.9 Å². The minimum absolute atomic E-state index is 0.311. The van der Waals surface area contributed by atoms with E-state index >= 15 is 0 Å². The lowest BCUT2D eigenvalue weighted by Gasteiger charge is -2.24. The van der Waals surface area contributed by atoms with Crippen LogP contribution in [0.3, 0.4) is 0 Å². The number of para-hydroxylation sites is 1. The molecule has 0 heterocycles. The Labute approximate surface area is 229 Å². The van der Waals surface area contributed by atoms with Crippen molar-refractivity contribution >= 4 is 34.6 Å². The molecule has 0 fully saturated rings. The summed E-state index contributed by atoms with van der Waals surface area (Å²) in [6, 6.07) is 43.3. The zero-order valence-electron chi connectivity index (χ0n) is 23.0. The zero-order valence-corrected chi connectivity index (χ0v) is 23.9. The number of nitrogens with zero attached hydrogens (tertiary/aromatic N) is 1. The van der Waals surface area contributed by atoms with E-state index < -0.39 is 7.92 Å². The molecule has 0 amide bonds. The number of phenolic OH excluding ortho intramolecular Hbond substituents is 1. The van der Waals surface area contributed by atoms with Gasteiger partial charge < -0.3 is 10.0 Å². The quantitative estimate of drug-likeness (QED) is 0.232. The number of benzene rings is 5. The summed E-state index contributed by atoms with van der Waals surface area (Å²) >= 11 is 0. The number of hydrogen-bond donors (Lipinski definition) is 1. The van der Waals surface area contributed by atoms with Crippen LogP contribution in [0.25, 0.3) is 21.9 Å². The lowest BCUT2D eigenvalue weighted by molar-refractivity contribution is 0.222. The Morgan fingerprint density at radius 2 is 1.08 bits per heavy atom. The summed E-state index contributed by atoms with van der Waals surface area (Å²) in [5.41, 5.74) is 1.99. The molecule has 38 heavy (non-hydrogen) atoms. The van der Waals surface area contributed by atoms with Crippen molar-refractivity contribution in [3.05, 3.63) is 121 Å². The molecule has 0 saturated carbocycles. The number of hydrogen-bond acceptors (Lipinski definition) is 2. The second-order valence-corrected chi connectivity index (χ2v) is 12.2. The van der Waals surface area contributed by atoms with E-state index in [1.807, 2.05) is 18.2 Å². The van der Waals surface area contributed by atoms with Crippen LogP contribution >= 0.6 is 7.92 Å². The molecular weight excluding hydrogens is 481 g/mol. The van der Waals surface area contributed by atoms with Crippen molar-refractivity contribution in [3.8, 4) is 16.9 Å². The SMILES string of the molecule is CC(C)N(C)C(C)C.Oc1ccccc1-c1c(P(c2ccccc2)c2ccccc2)ccc2ccccc12. The fourth-order valence-corrected chi connectivity index (χ4v) is 7.08. The van der Waals surface area contributed by atoms with Gasteiger partial charge in [-0.2, -0.15) is 0 Å². The lowest BCUT2D eigenvalue weighted by Crippen LogP contribution is -2.32. The highest BCUT2D eigenvalue weighted by molar-refractivity contribution is 7.80. The summed E-state index contributed by atoms with van der Waals surface area (Å²) in [5.74, 6) is 0.311. The van der Waals surface area contributed by atoms with Gasteiger partial charge in [0.1, 0.15) is 5.75 Å². The maximum atomic E-state index is 10.8. The van der Waals surface area contributed by atoms with E-state index in [-0.39, 0.29) is 0 Å². The third-order valence-corrected chi connectivity index (χ3v) is 9.46. The smallest absolute Gasteiger partial charge is 0.123 e. The van der Waals surface area contributed by atoms with Crippen LogP contribution in [-0.2, 0) is 0 Å². The van der Waals surface area contributed by atoms with Gasteiger partial charge in [-0.15, -0.1) is 0 Å². The number of fused-ring (bicyclic) bond motifs is 1. The Balaban J connectivity index is 0.000000368. The first-order chi connectivity index (χ1) is 18.4. The molecule has 0 saturated heterocycles. The second-order valence-electron chi connectivity index (χ2n) is 10.1. The number of rotatable bonds is 6. The molecule has 0 spiro atoms. The average molecular weight is 520 g/mol. The zero-order chi connectivity index (χ0) is 27.1. The number of phenols is 1. The van der Waals surface area contributed by atoms with Gasteiger partial charge in [0.05, 0.1) is 0 Å². The van der Waals surface area contributed by atoms with Gasteiger partial charge in [0.15, 0.2) is 0 Å². The molecule has 0 atom stereocenters. The summed E-state index contributed by atoms with van der Waals surface area (Å²) in [5, 5.41) is 17.0. The normalized spacial score (nSPS) is 11.3. The molecule has 0 unspecified atom stereocenters. The molecule has 0 aliphatic heterocycles. The van der Waals surface area contributed by atoms with Gasteiger partial charge in [0.2, 0.25) is 0 Å². The van der Waals surface area contributed by atoms with Gasteiger partial charge in [0, 0.05) is 23.2 Å². The molecule has 0 aromatic heterocycles. The van der Waals surface area contributed by atoms with E-state index in [2.05, 4.69) is 137 Å². The highest BCUT2D eigenvalue weighted by Crippen LogP contribution is 2.42. The van der Waals surface area contributed by atoms with Gasteiger partial charge in [0.25, 0.3) is 0 Å². The van der Waals surface area contributed by atoms with Gasteiger partial charge >= 0.3 is 0 Å².